The number of nitrogens with zero attached hydrogens (tertiary/aromatic N) is 5. The molecule has 4 rings (SSSR count). The van der Waals surface area contributed by atoms with Crippen LogP contribution in [-0.2, 0) is 15.1 Å². The van der Waals surface area contributed by atoms with Gasteiger partial charge in [-0.25, -0.2) is 14.5 Å². The summed E-state index contributed by atoms with van der Waals surface area (Å²) in [5.41, 5.74) is 5.62. The smallest absolute Gasteiger partial charge is 0.338 e. The zero-order valence-corrected chi connectivity index (χ0v) is 17.6. The van der Waals surface area contributed by atoms with Crippen LogP contribution in [0.5, 0.6) is 0 Å². The van der Waals surface area contributed by atoms with Gasteiger partial charge in [0.15, 0.2) is 16.2 Å². The van der Waals surface area contributed by atoms with E-state index < -0.39 is 11.5 Å². The fourth-order valence-corrected chi connectivity index (χ4v) is 3.85. The van der Waals surface area contributed by atoms with Crippen molar-refractivity contribution in [3.05, 3.63) is 58.7 Å². The van der Waals surface area contributed by atoms with Crippen LogP contribution in [0.15, 0.2) is 48.1 Å². The lowest BCUT2D eigenvalue weighted by Crippen LogP contribution is -2.42. The molecule has 0 aliphatic rings. The summed E-state index contributed by atoms with van der Waals surface area (Å²) in [7, 11) is 1.32. The Labute approximate surface area is 181 Å². The second kappa shape index (κ2) is 8.11. The summed E-state index contributed by atoms with van der Waals surface area (Å²) in [5, 5.41) is 10.0. The molecule has 0 saturated carbocycles. The summed E-state index contributed by atoms with van der Waals surface area (Å²) in [4.78, 5) is 37.7. The van der Waals surface area contributed by atoms with Gasteiger partial charge in [0.2, 0.25) is 11.7 Å². The second-order valence-corrected chi connectivity index (χ2v) is 7.66. The predicted molar refractivity (Wildman–Crippen MR) is 116 cm³/mol. The van der Waals surface area contributed by atoms with Crippen molar-refractivity contribution < 1.29 is 14.3 Å². The van der Waals surface area contributed by atoms with Gasteiger partial charge in [0, 0.05) is 11.6 Å². The van der Waals surface area contributed by atoms with Crippen molar-refractivity contribution >= 4 is 45.9 Å². The van der Waals surface area contributed by atoms with Crippen molar-refractivity contribution in [2.75, 3.05) is 24.7 Å². The molecule has 4 aromatic rings. The van der Waals surface area contributed by atoms with E-state index in [0.717, 1.165) is 0 Å². The number of hydrogen-bond acceptors (Lipinski definition) is 10. The van der Waals surface area contributed by atoms with Gasteiger partial charge in [0.05, 0.1) is 25.2 Å². The third-order valence-electron chi connectivity index (χ3n) is 4.88. The van der Waals surface area contributed by atoms with Crippen LogP contribution in [0.1, 0.15) is 22.3 Å². The molecule has 11 heteroatoms. The van der Waals surface area contributed by atoms with Crippen LogP contribution in [0, 0.1) is 0 Å². The fraction of sp³-hybridized carbons (Fsp3) is 0.200. The number of methoxy groups -OCH3 is 1. The number of aromatic nitrogens is 5. The summed E-state index contributed by atoms with van der Waals surface area (Å²) < 4.78 is 6.54. The highest BCUT2D eigenvalue weighted by Gasteiger charge is 2.41. The van der Waals surface area contributed by atoms with Crippen LogP contribution >= 0.6 is 11.3 Å². The number of ketones is 1. The monoisotopic (exact) mass is 437 g/mol. The first kappa shape index (κ1) is 20.4. The minimum atomic E-state index is -1.30. The number of carbonyl (C=O) groups excluding carboxylic acids is 2. The average Bonchev–Trinajstić information content (AvgIpc) is 3.47. The average molecular weight is 437 g/mol. The molecule has 0 radical (unpaired) electrons. The van der Waals surface area contributed by atoms with Gasteiger partial charge >= 0.3 is 5.97 Å². The number of ether oxygens (including phenoxy) is 1. The number of Topliss-reactive ketones (excluding diaryl/α,β-unsaturated/α-hetero) is 1. The number of fused-ring (bicyclic) bond motifs is 1. The number of esters is 1. The highest BCUT2D eigenvalue weighted by molar-refractivity contribution is 7.11. The Balaban J connectivity index is 1.78. The van der Waals surface area contributed by atoms with E-state index in [2.05, 4.69) is 25.4 Å². The van der Waals surface area contributed by atoms with E-state index in [0.29, 0.717) is 27.4 Å². The zero-order valence-electron chi connectivity index (χ0n) is 16.8. The lowest BCUT2D eigenvalue weighted by Gasteiger charge is -2.28. The van der Waals surface area contributed by atoms with Gasteiger partial charge in [0.25, 0.3) is 0 Å². The number of carbonyl (C=O) groups is 2. The fourth-order valence-electron chi connectivity index (χ4n) is 3.28. The molecule has 1 aromatic carbocycles. The number of anilines is 2. The third kappa shape index (κ3) is 3.59. The van der Waals surface area contributed by atoms with E-state index in [1.165, 1.54) is 29.3 Å². The van der Waals surface area contributed by atoms with Crippen molar-refractivity contribution in [3.8, 4) is 0 Å². The Morgan fingerprint density at radius 1 is 1.26 bits per heavy atom. The van der Waals surface area contributed by atoms with Gasteiger partial charge in [0.1, 0.15) is 5.82 Å². The molecular weight excluding hydrogens is 418 g/mol. The number of benzene rings is 1. The largest absolute Gasteiger partial charge is 0.467 e. The molecule has 158 valence electrons. The molecule has 0 aliphatic carbocycles. The van der Waals surface area contributed by atoms with Crippen molar-refractivity contribution in [3.63, 3.8) is 0 Å². The number of rotatable bonds is 7. The Kier molecular flexibility index (Phi) is 5.34. The lowest BCUT2D eigenvalue weighted by molar-refractivity contribution is -0.148. The maximum absolute atomic E-state index is 12.9. The zero-order chi connectivity index (χ0) is 22.0. The van der Waals surface area contributed by atoms with Crippen molar-refractivity contribution in [2.24, 2.45) is 0 Å². The number of nitrogen functional groups attached to an aromatic ring is 1. The van der Waals surface area contributed by atoms with Crippen LogP contribution in [0.2, 0.25) is 0 Å². The summed E-state index contributed by atoms with van der Waals surface area (Å²) in [6.07, 6.45) is 3.09. The van der Waals surface area contributed by atoms with Gasteiger partial charge in [-0.3, -0.25) is 4.79 Å². The lowest BCUT2D eigenvalue weighted by atomic mass is 9.92. The quantitative estimate of drug-likeness (QED) is 0.329. The van der Waals surface area contributed by atoms with Crippen LogP contribution in [0.4, 0.5) is 11.8 Å². The predicted octanol–water partition coefficient (Wildman–Crippen LogP) is 2.10. The van der Waals surface area contributed by atoms with E-state index in [1.54, 1.807) is 30.6 Å². The molecule has 0 aliphatic heterocycles. The first-order valence-electron chi connectivity index (χ1n) is 9.27. The van der Waals surface area contributed by atoms with Crippen LogP contribution in [0.3, 0.4) is 0 Å². The number of nitrogens with one attached hydrogen (secondary N) is 1. The summed E-state index contributed by atoms with van der Waals surface area (Å²) in [6, 6.07) is 9.11. The van der Waals surface area contributed by atoms with E-state index in [1.807, 2.05) is 18.2 Å². The van der Waals surface area contributed by atoms with Crippen LogP contribution in [-0.4, -0.2) is 50.1 Å². The van der Waals surface area contributed by atoms with Crippen LogP contribution in [0.25, 0.3) is 11.0 Å². The van der Waals surface area contributed by atoms with Crippen molar-refractivity contribution in [2.45, 2.75) is 12.5 Å². The number of nitrogens with two attached hydrogens (primary N) is 1. The van der Waals surface area contributed by atoms with E-state index in [-0.39, 0.29) is 18.3 Å². The second-order valence-electron chi connectivity index (χ2n) is 6.77. The van der Waals surface area contributed by atoms with Gasteiger partial charge in [-0.05, 0) is 12.5 Å². The molecule has 0 amide bonds. The van der Waals surface area contributed by atoms with Crippen molar-refractivity contribution in [1.82, 2.24) is 24.7 Å². The van der Waals surface area contributed by atoms with E-state index in [9.17, 15) is 9.59 Å². The Bertz CT molecular complexity index is 1240. The highest BCUT2D eigenvalue weighted by Crippen LogP contribution is 2.32. The Morgan fingerprint density at radius 2 is 2.03 bits per heavy atom. The van der Waals surface area contributed by atoms with E-state index >= 15 is 0 Å². The van der Waals surface area contributed by atoms with E-state index in [4.69, 9.17) is 10.5 Å². The molecule has 10 nitrogen and oxygen atoms in total. The van der Waals surface area contributed by atoms with Gasteiger partial charge in [-0.2, -0.15) is 15.1 Å². The van der Waals surface area contributed by atoms with Gasteiger partial charge < -0.3 is 15.8 Å². The maximum atomic E-state index is 12.9. The first-order chi connectivity index (χ1) is 14.9. The summed E-state index contributed by atoms with van der Waals surface area (Å²) in [6.45, 7) is 1.66. The highest BCUT2D eigenvalue weighted by atomic mass is 32.1. The number of hydrogen-bond donors (Lipinski definition) is 2. The molecule has 31 heavy (non-hydrogen) atoms. The standard InChI is InChI=1S/C20H19N7O3S/c1-20(18(29)30-2,12-6-4-3-5-7-12)27-16-13(10-24-27)15(25-19(21)26-16)23-11-14(28)17-22-8-9-31-17/h3-10H,11H2,1-2H3,(H3,21,23,25,26). The maximum Gasteiger partial charge on any atom is 0.338 e. The molecule has 1 atom stereocenters. The molecule has 0 bridgehead atoms. The Hall–Kier alpha value is -3.86. The molecule has 3 N–H and O–H groups in total. The first-order valence-corrected chi connectivity index (χ1v) is 10.2. The minimum Gasteiger partial charge on any atom is -0.467 e. The summed E-state index contributed by atoms with van der Waals surface area (Å²) >= 11 is 1.26. The van der Waals surface area contributed by atoms with Crippen molar-refractivity contribution in [1.29, 1.82) is 0 Å². The Morgan fingerprint density at radius 3 is 2.71 bits per heavy atom. The molecule has 3 heterocycles. The minimum absolute atomic E-state index is 0.0290. The molecule has 0 spiro atoms. The normalized spacial score (nSPS) is 13.0. The third-order valence-corrected chi connectivity index (χ3v) is 5.69. The van der Waals surface area contributed by atoms with Crippen LogP contribution < -0.4 is 11.1 Å². The number of thiazole rings is 1. The SMILES string of the molecule is COC(=O)C(C)(c1ccccc1)n1ncc2c(NCC(=O)c3nccs3)nc(N)nc21. The molecule has 1 unspecified atom stereocenters. The van der Waals surface area contributed by atoms with Gasteiger partial charge in [-0.1, -0.05) is 30.3 Å². The molecule has 0 fully saturated rings. The molecular formula is C20H19N7O3S. The van der Waals surface area contributed by atoms with Gasteiger partial charge in [-0.15, -0.1) is 11.3 Å². The summed E-state index contributed by atoms with van der Waals surface area (Å²) in [5.74, 6) is -0.400. The molecule has 0 saturated heterocycles. The topological polar surface area (TPSA) is 138 Å². The molecule has 3 aromatic heterocycles.